The fourth-order valence-electron chi connectivity index (χ4n) is 3.80. The number of anilines is 1. The van der Waals surface area contributed by atoms with Gasteiger partial charge in [-0.15, -0.1) is 24.5 Å². The summed E-state index contributed by atoms with van der Waals surface area (Å²) in [5, 5.41) is 16.6. The van der Waals surface area contributed by atoms with E-state index in [1.165, 1.54) is 53.8 Å². The number of nitrogens with zero attached hydrogens (tertiary/aromatic N) is 2. The standard InChI is InChI=1S/C28H18F3N3O4S/c29-28(30,31)38-21-11-9-17(10-12-21)23-13-14-24(39-23)25-22(16-34(33-25)20-7-2-1-3-8-20)26(35)32-19-6-4-5-18(15-19)27(36)37/h1-16H,(H,32,35)(H,36,37). The topological polar surface area (TPSA) is 93.5 Å². The van der Waals surface area contributed by atoms with Crippen molar-refractivity contribution in [2.45, 2.75) is 6.36 Å². The average Bonchev–Trinajstić information content (AvgIpc) is 3.57. The Kier molecular flexibility index (Phi) is 6.90. The van der Waals surface area contributed by atoms with Crippen molar-refractivity contribution in [3.8, 4) is 32.4 Å². The Morgan fingerprint density at radius 1 is 0.897 bits per heavy atom. The zero-order valence-corrected chi connectivity index (χ0v) is 20.7. The van der Waals surface area contributed by atoms with E-state index in [9.17, 15) is 27.9 Å². The molecule has 0 atom stereocenters. The van der Waals surface area contributed by atoms with Gasteiger partial charge in [-0.05, 0) is 72.3 Å². The van der Waals surface area contributed by atoms with Gasteiger partial charge >= 0.3 is 12.3 Å². The summed E-state index contributed by atoms with van der Waals surface area (Å²) in [6, 6.07) is 24.2. The maximum Gasteiger partial charge on any atom is 0.573 e. The van der Waals surface area contributed by atoms with Crippen LogP contribution in [0.5, 0.6) is 5.75 Å². The first-order valence-corrected chi connectivity index (χ1v) is 12.2. The third-order valence-electron chi connectivity index (χ3n) is 5.56. The number of benzene rings is 3. The van der Waals surface area contributed by atoms with E-state index in [0.717, 1.165) is 10.6 Å². The summed E-state index contributed by atoms with van der Waals surface area (Å²) >= 11 is 1.31. The molecule has 2 heterocycles. The van der Waals surface area contributed by atoms with Gasteiger partial charge in [-0.2, -0.15) is 5.10 Å². The number of carbonyl (C=O) groups is 2. The lowest BCUT2D eigenvalue weighted by molar-refractivity contribution is -0.274. The molecule has 0 aliphatic heterocycles. The van der Waals surface area contributed by atoms with E-state index < -0.39 is 18.2 Å². The van der Waals surface area contributed by atoms with Crippen molar-refractivity contribution in [2.24, 2.45) is 0 Å². The summed E-state index contributed by atoms with van der Waals surface area (Å²) in [6.45, 7) is 0. The van der Waals surface area contributed by atoms with E-state index in [0.29, 0.717) is 21.8 Å². The van der Waals surface area contributed by atoms with E-state index in [4.69, 9.17) is 0 Å². The summed E-state index contributed by atoms with van der Waals surface area (Å²) in [6.07, 6.45) is -3.19. The van der Waals surface area contributed by atoms with Crippen LogP contribution in [0.4, 0.5) is 18.9 Å². The molecule has 196 valence electrons. The molecule has 2 N–H and O–H groups in total. The molecule has 0 aliphatic rings. The predicted octanol–water partition coefficient (Wildman–Crippen LogP) is 7.12. The second kappa shape index (κ2) is 10.5. The van der Waals surface area contributed by atoms with Crippen LogP contribution in [-0.4, -0.2) is 33.1 Å². The summed E-state index contributed by atoms with van der Waals surface area (Å²) in [7, 11) is 0. The summed E-state index contributed by atoms with van der Waals surface area (Å²) in [5.41, 5.74) is 2.37. The number of nitrogens with one attached hydrogen (secondary N) is 1. The number of ether oxygens (including phenoxy) is 1. The van der Waals surface area contributed by atoms with Gasteiger partial charge in [0.2, 0.25) is 0 Å². The number of carbonyl (C=O) groups excluding carboxylic acids is 1. The first-order chi connectivity index (χ1) is 18.7. The van der Waals surface area contributed by atoms with Gasteiger partial charge in [0.15, 0.2) is 0 Å². The first-order valence-electron chi connectivity index (χ1n) is 11.4. The Labute approximate surface area is 223 Å². The molecule has 2 aromatic heterocycles. The molecule has 0 bridgehead atoms. The van der Waals surface area contributed by atoms with Gasteiger partial charge in [0.05, 0.1) is 21.7 Å². The van der Waals surface area contributed by atoms with Crippen LogP contribution in [0.2, 0.25) is 0 Å². The maximum atomic E-state index is 13.3. The number of aromatic carboxylic acids is 1. The minimum absolute atomic E-state index is 0.0301. The minimum atomic E-state index is -4.78. The third-order valence-corrected chi connectivity index (χ3v) is 6.70. The van der Waals surface area contributed by atoms with Gasteiger partial charge in [0.1, 0.15) is 11.4 Å². The smallest absolute Gasteiger partial charge is 0.478 e. The number of hydrogen-bond donors (Lipinski definition) is 2. The summed E-state index contributed by atoms with van der Waals surface area (Å²) in [5.74, 6) is -1.93. The van der Waals surface area contributed by atoms with Crippen molar-refractivity contribution in [3.63, 3.8) is 0 Å². The molecular weight excluding hydrogens is 531 g/mol. The van der Waals surface area contributed by atoms with Crippen LogP contribution in [-0.2, 0) is 0 Å². The average molecular weight is 550 g/mol. The van der Waals surface area contributed by atoms with E-state index >= 15 is 0 Å². The summed E-state index contributed by atoms with van der Waals surface area (Å²) < 4.78 is 43.0. The van der Waals surface area contributed by atoms with E-state index in [-0.39, 0.29) is 16.9 Å². The zero-order valence-electron chi connectivity index (χ0n) is 19.8. The predicted molar refractivity (Wildman–Crippen MR) is 140 cm³/mol. The molecule has 39 heavy (non-hydrogen) atoms. The van der Waals surface area contributed by atoms with E-state index in [1.54, 1.807) is 29.1 Å². The zero-order chi connectivity index (χ0) is 27.6. The fourth-order valence-corrected chi connectivity index (χ4v) is 4.82. The van der Waals surface area contributed by atoms with Gasteiger partial charge in [0.25, 0.3) is 5.91 Å². The second-order valence-corrected chi connectivity index (χ2v) is 9.33. The highest BCUT2D eigenvalue weighted by molar-refractivity contribution is 7.18. The van der Waals surface area contributed by atoms with Crippen molar-refractivity contribution in [3.05, 3.63) is 108 Å². The molecule has 0 spiro atoms. The third kappa shape index (κ3) is 5.99. The van der Waals surface area contributed by atoms with Crippen LogP contribution < -0.4 is 10.1 Å². The SMILES string of the molecule is O=C(O)c1cccc(NC(=O)c2cn(-c3ccccc3)nc2-c2ccc(-c3ccc(OC(F)(F)F)cc3)s2)c1. The largest absolute Gasteiger partial charge is 0.573 e. The van der Waals surface area contributed by atoms with E-state index in [2.05, 4.69) is 15.2 Å². The lowest BCUT2D eigenvalue weighted by Gasteiger charge is -2.08. The lowest BCUT2D eigenvalue weighted by Crippen LogP contribution is -2.16. The Balaban J connectivity index is 1.48. The highest BCUT2D eigenvalue weighted by atomic mass is 32.1. The highest BCUT2D eigenvalue weighted by Gasteiger charge is 2.31. The van der Waals surface area contributed by atoms with Gasteiger partial charge in [-0.3, -0.25) is 4.79 Å². The molecule has 7 nitrogen and oxygen atoms in total. The number of carboxylic acid groups (broad SMARTS) is 1. The van der Waals surface area contributed by atoms with Crippen LogP contribution >= 0.6 is 11.3 Å². The lowest BCUT2D eigenvalue weighted by atomic mass is 10.1. The number of alkyl halides is 3. The monoisotopic (exact) mass is 549 g/mol. The molecule has 0 fully saturated rings. The number of hydrogen-bond acceptors (Lipinski definition) is 5. The normalized spacial score (nSPS) is 11.3. The number of rotatable bonds is 7. The first kappa shape index (κ1) is 25.7. The Morgan fingerprint density at radius 3 is 2.31 bits per heavy atom. The molecule has 0 unspecified atom stereocenters. The second-order valence-electron chi connectivity index (χ2n) is 8.25. The van der Waals surface area contributed by atoms with Crippen molar-refractivity contribution in [1.29, 1.82) is 0 Å². The molecule has 0 saturated heterocycles. The fraction of sp³-hybridized carbons (Fsp3) is 0.0357. The number of para-hydroxylation sites is 1. The van der Waals surface area contributed by atoms with Crippen molar-refractivity contribution >= 4 is 28.9 Å². The number of halogens is 3. The van der Waals surface area contributed by atoms with Gasteiger partial charge in [0, 0.05) is 16.8 Å². The van der Waals surface area contributed by atoms with E-state index in [1.807, 2.05) is 30.3 Å². The van der Waals surface area contributed by atoms with Gasteiger partial charge in [-0.25, -0.2) is 9.48 Å². The molecule has 5 aromatic rings. The number of amides is 1. The molecular formula is C28H18F3N3O4S. The number of thiophene rings is 1. The van der Waals surface area contributed by atoms with Gasteiger partial charge in [-0.1, -0.05) is 24.3 Å². The highest BCUT2D eigenvalue weighted by Crippen LogP contribution is 2.37. The van der Waals surface area contributed by atoms with Crippen molar-refractivity contribution in [1.82, 2.24) is 9.78 Å². The van der Waals surface area contributed by atoms with Crippen LogP contribution in [0.15, 0.2) is 97.2 Å². The van der Waals surface area contributed by atoms with Crippen molar-refractivity contribution < 1.29 is 32.6 Å². The molecule has 0 radical (unpaired) electrons. The number of carboxylic acids is 1. The van der Waals surface area contributed by atoms with Gasteiger partial charge < -0.3 is 15.2 Å². The molecule has 3 aromatic carbocycles. The minimum Gasteiger partial charge on any atom is -0.478 e. The summed E-state index contributed by atoms with van der Waals surface area (Å²) in [4.78, 5) is 26.1. The molecule has 11 heteroatoms. The molecule has 5 rings (SSSR count). The van der Waals surface area contributed by atoms with Crippen LogP contribution in [0.3, 0.4) is 0 Å². The quantitative estimate of drug-likeness (QED) is 0.226. The molecule has 0 saturated carbocycles. The Bertz CT molecular complexity index is 1640. The van der Waals surface area contributed by atoms with Crippen LogP contribution in [0.1, 0.15) is 20.7 Å². The van der Waals surface area contributed by atoms with Crippen LogP contribution in [0, 0.1) is 0 Å². The Hall–Kier alpha value is -4.90. The van der Waals surface area contributed by atoms with Crippen molar-refractivity contribution in [2.75, 3.05) is 5.32 Å². The Morgan fingerprint density at radius 2 is 1.62 bits per heavy atom. The molecule has 1 amide bonds. The number of aromatic nitrogens is 2. The maximum absolute atomic E-state index is 13.3. The van der Waals surface area contributed by atoms with Crippen LogP contribution in [0.25, 0.3) is 26.7 Å². The molecule has 0 aliphatic carbocycles.